The van der Waals surface area contributed by atoms with Gasteiger partial charge in [0.2, 0.25) is 0 Å². The predicted octanol–water partition coefficient (Wildman–Crippen LogP) is 9.00. The second-order valence-electron chi connectivity index (χ2n) is 10.3. The highest BCUT2D eigenvalue weighted by molar-refractivity contribution is 4.91. The molecule has 1 saturated heterocycles. The van der Waals surface area contributed by atoms with Gasteiger partial charge < -0.3 is 9.47 Å². The third kappa shape index (κ3) is 12.7. The smallest absolute Gasteiger partial charge is 0.0844 e. The van der Waals surface area contributed by atoms with Crippen LogP contribution in [-0.4, -0.2) is 24.9 Å². The molecule has 0 aromatic carbocycles. The molecule has 0 amide bonds. The van der Waals surface area contributed by atoms with Crippen LogP contribution in [0.15, 0.2) is 0 Å². The van der Waals surface area contributed by atoms with Crippen molar-refractivity contribution in [2.24, 2.45) is 5.92 Å². The normalized spacial score (nSPS) is 24.0. The van der Waals surface area contributed by atoms with E-state index in [-0.39, 0.29) is 0 Å². The largest absolute Gasteiger partial charge is 0.378 e. The van der Waals surface area contributed by atoms with E-state index < -0.39 is 0 Å². The highest BCUT2D eigenvalue weighted by Gasteiger charge is 2.43. The second kappa shape index (κ2) is 17.5. The van der Waals surface area contributed by atoms with Gasteiger partial charge in [-0.25, -0.2) is 0 Å². The van der Waals surface area contributed by atoms with Gasteiger partial charge in [0, 0.05) is 6.61 Å². The molecule has 4 atom stereocenters. The summed E-state index contributed by atoms with van der Waals surface area (Å²) in [5.74, 6) is 0.900. The molecule has 0 aromatic heterocycles. The maximum atomic E-state index is 6.43. The number of hydrogen-bond donors (Lipinski definition) is 0. The first-order chi connectivity index (χ1) is 14.8. The van der Waals surface area contributed by atoms with E-state index in [1.165, 1.54) is 135 Å². The van der Waals surface area contributed by atoms with Gasteiger partial charge in [0.15, 0.2) is 0 Å². The Labute approximate surface area is 189 Å². The van der Waals surface area contributed by atoms with Crippen molar-refractivity contribution >= 4 is 0 Å². The molecule has 1 aliphatic heterocycles. The number of hydrogen-bond acceptors (Lipinski definition) is 2. The monoisotopic (exact) mass is 422 g/mol. The first-order valence-electron chi connectivity index (χ1n) is 14.1. The van der Waals surface area contributed by atoms with Gasteiger partial charge in [0.05, 0.1) is 18.3 Å². The maximum absolute atomic E-state index is 6.43. The molecule has 4 unspecified atom stereocenters. The van der Waals surface area contributed by atoms with Crippen LogP contribution in [0.2, 0.25) is 0 Å². The summed E-state index contributed by atoms with van der Waals surface area (Å²) in [4.78, 5) is 0. The van der Waals surface area contributed by atoms with Crippen molar-refractivity contribution in [2.75, 3.05) is 6.61 Å². The highest BCUT2D eigenvalue weighted by Crippen LogP contribution is 2.41. The lowest BCUT2D eigenvalue weighted by atomic mass is 9.85. The maximum Gasteiger partial charge on any atom is 0.0844 e. The molecular weight excluding hydrogens is 368 g/mol. The average Bonchev–Trinajstić information content (AvgIpc) is 3.54. The Kier molecular flexibility index (Phi) is 15.2. The second-order valence-corrected chi connectivity index (χ2v) is 10.3. The van der Waals surface area contributed by atoms with Crippen LogP contribution >= 0.6 is 0 Å². The molecule has 0 bridgehead atoms. The highest BCUT2D eigenvalue weighted by atomic mass is 16.6. The molecule has 0 aromatic rings. The molecule has 178 valence electrons. The average molecular weight is 423 g/mol. The van der Waals surface area contributed by atoms with E-state index in [1.54, 1.807) is 0 Å². The standard InChI is InChI=1S/C28H54O2/c1-3-5-7-9-11-13-15-17-23-29-26(18-16-14-12-10-8-6-4-2)21-19-25-20-22-27-28(24-25)30-27/h25-28H,3-24H2,1-2H3. The van der Waals surface area contributed by atoms with Gasteiger partial charge in [-0.2, -0.15) is 0 Å². The summed E-state index contributed by atoms with van der Waals surface area (Å²) in [5.41, 5.74) is 0. The Balaban J connectivity index is 1.53. The summed E-state index contributed by atoms with van der Waals surface area (Å²) in [6.45, 7) is 5.59. The fraction of sp³-hybridized carbons (Fsp3) is 1.00. The number of epoxide rings is 1. The minimum atomic E-state index is 0.517. The molecule has 2 heteroatoms. The van der Waals surface area contributed by atoms with E-state index in [0.29, 0.717) is 18.3 Å². The number of fused-ring (bicyclic) bond motifs is 1. The fourth-order valence-corrected chi connectivity index (χ4v) is 5.30. The summed E-state index contributed by atoms with van der Waals surface area (Å²) < 4.78 is 12.2. The van der Waals surface area contributed by atoms with Gasteiger partial charge in [0.1, 0.15) is 0 Å². The van der Waals surface area contributed by atoms with Crippen molar-refractivity contribution in [1.29, 1.82) is 0 Å². The summed E-state index contributed by atoms with van der Waals surface area (Å²) in [7, 11) is 0. The molecule has 0 N–H and O–H groups in total. The van der Waals surface area contributed by atoms with E-state index in [4.69, 9.17) is 9.47 Å². The van der Waals surface area contributed by atoms with E-state index in [2.05, 4.69) is 13.8 Å². The Bertz CT molecular complexity index is 383. The summed E-state index contributed by atoms with van der Waals surface area (Å²) >= 11 is 0. The summed E-state index contributed by atoms with van der Waals surface area (Å²) in [6.07, 6.45) is 30.7. The fourth-order valence-electron chi connectivity index (χ4n) is 5.30. The lowest BCUT2D eigenvalue weighted by molar-refractivity contribution is 0.0323. The van der Waals surface area contributed by atoms with Crippen molar-refractivity contribution < 1.29 is 9.47 Å². The van der Waals surface area contributed by atoms with Gasteiger partial charge in [-0.05, 0) is 50.9 Å². The minimum Gasteiger partial charge on any atom is -0.378 e. The quantitative estimate of drug-likeness (QED) is 0.136. The van der Waals surface area contributed by atoms with Crippen LogP contribution in [0.1, 0.15) is 149 Å². The van der Waals surface area contributed by atoms with E-state index in [1.807, 2.05) is 0 Å². The van der Waals surface area contributed by atoms with Crippen molar-refractivity contribution in [3.63, 3.8) is 0 Å². The molecular formula is C28H54O2. The van der Waals surface area contributed by atoms with Crippen molar-refractivity contribution in [3.05, 3.63) is 0 Å². The lowest BCUT2D eigenvalue weighted by Gasteiger charge is -2.23. The predicted molar refractivity (Wildman–Crippen MR) is 130 cm³/mol. The van der Waals surface area contributed by atoms with Crippen molar-refractivity contribution in [3.8, 4) is 0 Å². The summed E-state index contributed by atoms with van der Waals surface area (Å²) in [6, 6.07) is 0. The third-order valence-corrected chi connectivity index (χ3v) is 7.49. The number of rotatable bonds is 21. The first kappa shape index (κ1) is 26.2. The third-order valence-electron chi connectivity index (χ3n) is 7.49. The van der Waals surface area contributed by atoms with Gasteiger partial charge >= 0.3 is 0 Å². The van der Waals surface area contributed by atoms with Gasteiger partial charge in [-0.1, -0.05) is 104 Å². The molecule has 0 radical (unpaired) electrons. The zero-order valence-electron chi connectivity index (χ0n) is 20.7. The Morgan fingerprint density at radius 2 is 1.27 bits per heavy atom. The van der Waals surface area contributed by atoms with Crippen LogP contribution in [0.3, 0.4) is 0 Å². The van der Waals surface area contributed by atoms with Gasteiger partial charge in [-0.15, -0.1) is 0 Å². The molecule has 0 spiro atoms. The minimum absolute atomic E-state index is 0.517. The van der Waals surface area contributed by atoms with E-state index >= 15 is 0 Å². The molecule has 1 aliphatic carbocycles. The Morgan fingerprint density at radius 3 is 1.90 bits per heavy atom. The number of ether oxygens (including phenoxy) is 2. The lowest BCUT2D eigenvalue weighted by Crippen LogP contribution is -2.19. The zero-order chi connectivity index (χ0) is 21.3. The molecule has 1 heterocycles. The van der Waals surface area contributed by atoms with Gasteiger partial charge in [-0.3, -0.25) is 0 Å². The molecule has 1 saturated carbocycles. The molecule has 2 fully saturated rings. The van der Waals surface area contributed by atoms with Crippen LogP contribution in [0, 0.1) is 5.92 Å². The van der Waals surface area contributed by atoms with Crippen LogP contribution in [0.5, 0.6) is 0 Å². The summed E-state index contributed by atoms with van der Waals surface area (Å²) in [5, 5.41) is 0. The SMILES string of the molecule is CCCCCCCCCCOC(CCCCCCCCC)CCC1CCC2OC2C1. The number of unbranched alkanes of at least 4 members (excludes halogenated alkanes) is 13. The van der Waals surface area contributed by atoms with Crippen molar-refractivity contribution in [2.45, 2.75) is 167 Å². The van der Waals surface area contributed by atoms with Crippen LogP contribution < -0.4 is 0 Å². The van der Waals surface area contributed by atoms with Crippen LogP contribution in [0.4, 0.5) is 0 Å². The molecule has 30 heavy (non-hydrogen) atoms. The molecule has 2 nitrogen and oxygen atoms in total. The van der Waals surface area contributed by atoms with E-state index in [9.17, 15) is 0 Å². The zero-order valence-corrected chi connectivity index (χ0v) is 20.7. The Hall–Kier alpha value is -0.0800. The molecule has 2 rings (SSSR count). The van der Waals surface area contributed by atoms with Crippen molar-refractivity contribution in [1.82, 2.24) is 0 Å². The molecule has 2 aliphatic rings. The topological polar surface area (TPSA) is 21.8 Å². The first-order valence-corrected chi connectivity index (χ1v) is 14.1. The van der Waals surface area contributed by atoms with Crippen LogP contribution in [-0.2, 0) is 9.47 Å². The van der Waals surface area contributed by atoms with Gasteiger partial charge in [0.25, 0.3) is 0 Å². The Morgan fingerprint density at radius 1 is 0.667 bits per heavy atom. The van der Waals surface area contributed by atoms with E-state index in [0.717, 1.165) is 12.5 Å². The van der Waals surface area contributed by atoms with Crippen LogP contribution in [0.25, 0.3) is 0 Å².